The third-order valence-electron chi connectivity index (χ3n) is 6.81. The molecular formula is C32H44N2O3S. The van der Waals surface area contributed by atoms with Crippen molar-refractivity contribution in [2.45, 2.75) is 77.9 Å². The molecule has 0 aromatic heterocycles. The molecule has 3 aromatic rings. The molecule has 0 saturated heterocycles. The lowest BCUT2D eigenvalue weighted by Crippen LogP contribution is -2.23. The SMILES string of the molecule is CCCCCCCC[S+]([O-])C(C)Cc1ccc2c(c1)OCO2.Cc1cc(N)cc(-c2ccc(N)c(C)c2)c1. The summed E-state index contributed by atoms with van der Waals surface area (Å²) in [6, 6.07) is 18.1. The monoisotopic (exact) mass is 536 g/mol. The van der Waals surface area contributed by atoms with E-state index in [1.54, 1.807) is 0 Å². The summed E-state index contributed by atoms with van der Waals surface area (Å²) in [4.78, 5) is 0. The van der Waals surface area contributed by atoms with Crippen LogP contribution in [-0.4, -0.2) is 22.3 Å². The normalized spacial score (nSPS) is 13.5. The summed E-state index contributed by atoms with van der Waals surface area (Å²) in [6.45, 7) is 8.67. The lowest BCUT2D eigenvalue weighted by Gasteiger charge is -2.18. The van der Waals surface area contributed by atoms with Gasteiger partial charge in [-0.05, 0) is 97.8 Å². The Labute approximate surface area is 232 Å². The highest BCUT2D eigenvalue weighted by atomic mass is 32.2. The Balaban J connectivity index is 0.000000221. The van der Waals surface area contributed by atoms with Gasteiger partial charge in [0.1, 0.15) is 11.0 Å². The molecule has 0 fully saturated rings. The molecule has 0 saturated carbocycles. The maximum Gasteiger partial charge on any atom is 0.231 e. The highest BCUT2D eigenvalue weighted by Gasteiger charge is 2.19. The van der Waals surface area contributed by atoms with Gasteiger partial charge in [-0.25, -0.2) is 0 Å². The molecular weight excluding hydrogens is 492 g/mol. The van der Waals surface area contributed by atoms with Crippen molar-refractivity contribution in [2.75, 3.05) is 24.0 Å². The van der Waals surface area contributed by atoms with E-state index < -0.39 is 11.2 Å². The molecule has 0 spiro atoms. The molecule has 206 valence electrons. The summed E-state index contributed by atoms with van der Waals surface area (Å²) in [6.07, 6.45) is 8.32. The van der Waals surface area contributed by atoms with Crippen LogP contribution in [0.1, 0.15) is 69.1 Å². The zero-order valence-electron chi connectivity index (χ0n) is 23.4. The Morgan fingerprint density at radius 2 is 1.58 bits per heavy atom. The quantitative estimate of drug-likeness (QED) is 0.150. The Morgan fingerprint density at radius 1 is 0.842 bits per heavy atom. The molecule has 6 heteroatoms. The van der Waals surface area contributed by atoms with E-state index in [-0.39, 0.29) is 5.25 Å². The summed E-state index contributed by atoms with van der Waals surface area (Å²) in [5, 5.41) is 0.191. The van der Waals surface area contributed by atoms with Crippen LogP contribution in [0.2, 0.25) is 0 Å². The zero-order valence-corrected chi connectivity index (χ0v) is 24.2. The number of hydrogen-bond donors (Lipinski definition) is 2. The molecule has 3 aromatic carbocycles. The number of ether oxygens (including phenoxy) is 2. The topological polar surface area (TPSA) is 93.6 Å². The highest BCUT2D eigenvalue weighted by Crippen LogP contribution is 2.33. The van der Waals surface area contributed by atoms with Crippen LogP contribution in [0.25, 0.3) is 11.1 Å². The van der Waals surface area contributed by atoms with Crippen LogP contribution >= 0.6 is 0 Å². The maximum atomic E-state index is 12.3. The van der Waals surface area contributed by atoms with Crippen LogP contribution in [0.4, 0.5) is 11.4 Å². The lowest BCUT2D eigenvalue weighted by molar-refractivity contribution is 0.174. The third-order valence-corrected chi connectivity index (χ3v) is 8.57. The standard InChI is InChI=1S/C18H28O3S.C14H16N2/c1-3-4-5-6-7-8-11-22(19)15(2)12-16-9-10-17-18(13-16)21-14-20-17;1-9-5-12(8-13(15)6-9)11-3-4-14(16)10(2)7-11/h9-10,13,15H,3-8,11-12,14H2,1-2H3;3-8H,15-16H2,1-2H3. The molecule has 0 amide bonds. The Morgan fingerprint density at radius 3 is 2.32 bits per heavy atom. The van der Waals surface area contributed by atoms with E-state index in [0.717, 1.165) is 58.2 Å². The van der Waals surface area contributed by atoms with Crippen molar-refractivity contribution in [3.63, 3.8) is 0 Å². The fourth-order valence-electron chi connectivity index (χ4n) is 4.55. The van der Waals surface area contributed by atoms with Crippen molar-refractivity contribution in [1.82, 2.24) is 0 Å². The minimum atomic E-state index is -0.743. The van der Waals surface area contributed by atoms with Gasteiger partial charge in [-0.15, -0.1) is 0 Å². The second-order valence-corrected chi connectivity index (χ2v) is 12.2. The van der Waals surface area contributed by atoms with Crippen LogP contribution in [0.5, 0.6) is 11.5 Å². The summed E-state index contributed by atoms with van der Waals surface area (Å²) in [5.74, 6) is 2.45. The largest absolute Gasteiger partial charge is 0.616 e. The molecule has 0 radical (unpaired) electrons. The lowest BCUT2D eigenvalue weighted by atomic mass is 10.0. The predicted octanol–water partition coefficient (Wildman–Crippen LogP) is 7.59. The van der Waals surface area contributed by atoms with E-state index in [0.29, 0.717) is 6.79 Å². The number of anilines is 2. The summed E-state index contributed by atoms with van der Waals surface area (Å²) >= 11 is -0.743. The molecule has 4 rings (SSSR count). The molecule has 1 heterocycles. The van der Waals surface area contributed by atoms with E-state index in [1.165, 1.54) is 43.2 Å². The first-order valence-electron chi connectivity index (χ1n) is 13.8. The van der Waals surface area contributed by atoms with Crippen molar-refractivity contribution in [3.8, 4) is 22.6 Å². The Bertz CT molecular complexity index is 1150. The number of benzene rings is 3. The number of aryl methyl sites for hydroxylation is 2. The van der Waals surface area contributed by atoms with Crippen LogP contribution in [0.3, 0.4) is 0 Å². The fourth-order valence-corrected chi connectivity index (χ4v) is 5.82. The van der Waals surface area contributed by atoms with E-state index in [1.807, 2.05) is 56.3 Å². The third kappa shape index (κ3) is 9.17. The van der Waals surface area contributed by atoms with Gasteiger partial charge < -0.3 is 25.5 Å². The Hall–Kier alpha value is -2.83. The summed E-state index contributed by atoms with van der Waals surface area (Å²) in [5.41, 5.74) is 19.0. The molecule has 0 bridgehead atoms. The van der Waals surface area contributed by atoms with Crippen LogP contribution < -0.4 is 20.9 Å². The molecule has 4 N–H and O–H groups in total. The van der Waals surface area contributed by atoms with Crippen LogP contribution in [0, 0.1) is 13.8 Å². The zero-order chi connectivity index (χ0) is 27.5. The first-order valence-corrected chi connectivity index (χ1v) is 15.1. The van der Waals surface area contributed by atoms with E-state index in [2.05, 4.69) is 26.0 Å². The van der Waals surface area contributed by atoms with Crippen molar-refractivity contribution in [2.24, 2.45) is 0 Å². The summed E-state index contributed by atoms with van der Waals surface area (Å²) in [7, 11) is 0. The van der Waals surface area contributed by atoms with Gasteiger partial charge in [0.2, 0.25) is 6.79 Å². The van der Waals surface area contributed by atoms with E-state index in [4.69, 9.17) is 20.9 Å². The first-order chi connectivity index (χ1) is 18.3. The van der Waals surface area contributed by atoms with E-state index in [9.17, 15) is 4.55 Å². The van der Waals surface area contributed by atoms with Crippen molar-refractivity contribution in [1.29, 1.82) is 0 Å². The van der Waals surface area contributed by atoms with Crippen molar-refractivity contribution < 1.29 is 14.0 Å². The second kappa shape index (κ2) is 14.9. The highest BCUT2D eigenvalue weighted by molar-refractivity contribution is 7.91. The number of nitrogen functional groups attached to an aromatic ring is 2. The molecule has 38 heavy (non-hydrogen) atoms. The molecule has 2 unspecified atom stereocenters. The van der Waals surface area contributed by atoms with Gasteiger partial charge in [0.05, 0.1) is 0 Å². The molecule has 1 aliphatic rings. The van der Waals surface area contributed by atoms with E-state index >= 15 is 0 Å². The number of nitrogens with two attached hydrogens (primary N) is 2. The number of hydrogen-bond acceptors (Lipinski definition) is 5. The Kier molecular flexibility index (Phi) is 11.7. The molecule has 2 atom stereocenters. The molecule has 0 aliphatic carbocycles. The summed E-state index contributed by atoms with van der Waals surface area (Å²) < 4.78 is 23.0. The van der Waals surface area contributed by atoms with Gasteiger partial charge in [0, 0.05) is 17.8 Å². The van der Waals surface area contributed by atoms with Crippen LogP contribution in [0.15, 0.2) is 54.6 Å². The maximum absolute atomic E-state index is 12.3. The van der Waals surface area contributed by atoms with Gasteiger partial charge in [-0.3, -0.25) is 0 Å². The smallest absolute Gasteiger partial charge is 0.231 e. The molecule has 1 aliphatic heterocycles. The number of fused-ring (bicyclic) bond motifs is 1. The van der Waals surface area contributed by atoms with Gasteiger partial charge in [-0.2, -0.15) is 0 Å². The van der Waals surface area contributed by atoms with Gasteiger partial charge >= 0.3 is 0 Å². The molecule has 5 nitrogen and oxygen atoms in total. The van der Waals surface area contributed by atoms with Gasteiger partial charge in [0.25, 0.3) is 0 Å². The van der Waals surface area contributed by atoms with Crippen molar-refractivity contribution >= 4 is 22.6 Å². The van der Waals surface area contributed by atoms with Crippen LogP contribution in [-0.2, 0) is 17.6 Å². The second-order valence-electron chi connectivity index (χ2n) is 10.3. The minimum Gasteiger partial charge on any atom is -0.616 e. The minimum absolute atomic E-state index is 0.191. The van der Waals surface area contributed by atoms with Gasteiger partial charge in [-0.1, -0.05) is 62.0 Å². The van der Waals surface area contributed by atoms with Gasteiger partial charge in [0.15, 0.2) is 11.5 Å². The fraction of sp³-hybridized carbons (Fsp3) is 0.438. The van der Waals surface area contributed by atoms with Crippen molar-refractivity contribution in [3.05, 3.63) is 71.3 Å². The number of rotatable bonds is 11. The first kappa shape index (κ1) is 29.7. The average molecular weight is 537 g/mol. The predicted molar refractivity (Wildman–Crippen MR) is 162 cm³/mol. The number of unbranched alkanes of at least 4 members (excludes halogenated alkanes) is 5. The average Bonchev–Trinajstić information content (AvgIpc) is 3.35.